The Hall–Kier alpha value is -3.39. The minimum Gasteiger partial charge on any atom is -0.488 e. The average molecular weight is 445 g/mol. The molecular formula is C25H28N6O2. The van der Waals surface area contributed by atoms with Crippen molar-refractivity contribution in [3.63, 3.8) is 0 Å². The van der Waals surface area contributed by atoms with Crippen LogP contribution in [0.3, 0.4) is 0 Å². The molecule has 4 heterocycles. The number of nitrogens with zero attached hydrogens (tertiary/aromatic N) is 4. The highest BCUT2D eigenvalue weighted by molar-refractivity contribution is 5.85. The highest BCUT2D eigenvalue weighted by Gasteiger charge is 2.24. The van der Waals surface area contributed by atoms with Crippen LogP contribution in [-0.4, -0.2) is 58.4 Å². The lowest BCUT2D eigenvalue weighted by atomic mass is 9.93. The second-order valence-corrected chi connectivity index (χ2v) is 8.84. The number of benzene rings is 1. The number of H-pyrrole nitrogens is 1. The predicted molar refractivity (Wildman–Crippen MR) is 129 cm³/mol. The van der Waals surface area contributed by atoms with Gasteiger partial charge >= 0.3 is 0 Å². The molecule has 4 aromatic rings. The molecule has 6 rings (SSSR count). The first-order valence-corrected chi connectivity index (χ1v) is 11.8. The second-order valence-electron chi connectivity index (χ2n) is 8.84. The van der Waals surface area contributed by atoms with Crippen molar-refractivity contribution in [2.75, 3.05) is 36.5 Å². The van der Waals surface area contributed by atoms with Crippen LogP contribution in [0.15, 0.2) is 49.1 Å². The summed E-state index contributed by atoms with van der Waals surface area (Å²) in [4.78, 5) is 19.3. The van der Waals surface area contributed by atoms with E-state index in [1.165, 1.54) is 0 Å². The van der Waals surface area contributed by atoms with E-state index in [0.717, 1.165) is 91.2 Å². The van der Waals surface area contributed by atoms with Crippen LogP contribution >= 0.6 is 0 Å². The summed E-state index contributed by atoms with van der Waals surface area (Å²) in [5, 5.41) is 4.73. The molecule has 170 valence electrons. The third-order valence-corrected chi connectivity index (χ3v) is 6.66. The molecule has 0 unspecified atom stereocenters. The summed E-state index contributed by atoms with van der Waals surface area (Å²) in [5.74, 6) is 1.76. The van der Waals surface area contributed by atoms with Gasteiger partial charge in [-0.2, -0.15) is 0 Å². The zero-order valence-corrected chi connectivity index (χ0v) is 18.5. The van der Waals surface area contributed by atoms with Crippen LogP contribution in [0, 0.1) is 0 Å². The number of fused-ring (bicyclic) bond motifs is 2. The van der Waals surface area contributed by atoms with Gasteiger partial charge in [-0.15, -0.1) is 0 Å². The fourth-order valence-electron chi connectivity index (χ4n) is 4.86. The SMILES string of the molecule is c1cnc2c(OC3CCC(Nc4cc5[nH]ccc5cn4)CC3)cc(N3CCOCC3)cc2n1. The van der Waals surface area contributed by atoms with E-state index in [9.17, 15) is 0 Å². The van der Waals surface area contributed by atoms with Gasteiger partial charge in [0.05, 0.1) is 30.4 Å². The van der Waals surface area contributed by atoms with Crippen molar-refractivity contribution in [2.45, 2.75) is 37.8 Å². The van der Waals surface area contributed by atoms with Crippen molar-refractivity contribution in [2.24, 2.45) is 0 Å². The summed E-state index contributed by atoms with van der Waals surface area (Å²) in [6, 6.07) is 8.76. The predicted octanol–water partition coefficient (Wildman–Crippen LogP) is 4.14. The Morgan fingerprint density at radius 3 is 2.73 bits per heavy atom. The molecule has 0 spiro atoms. The van der Waals surface area contributed by atoms with E-state index in [4.69, 9.17) is 9.47 Å². The van der Waals surface area contributed by atoms with Gasteiger partial charge in [0.2, 0.25) is 0 Å². The smallest absolute Gasteiger partial charge is 0.149 e. The molecule has 0 amide bonds. The molecule has 2 N–H and O–H groups in total. The van der Waals surface area contributed by atoms with Crippen molar-refractivity contribution >= 4 is 33.4 Å². The molecular weight excluding hydrogens is 416 g/mol. The number of aromatic amines is 1. The Kier molecular flexibility index (Phi) is 5.43. The maximum Gasteiger partial charge on any atom is 0.149 e. The first kappa shape index (κ1) is 20.2. The molecule has 0 atom stereocenters. The maximum absolute atomic E-state index is 6.54. The Balaban J connectivity index is 1.14. The fourth-order valence-corrected chi connectivity index (χ4v) is 4.86. The van der Waals surface area contributed by atoms with Gasteiger partial charge in [0.15, 0.2) is 0 Å². The highest BCUT2D eigenvalue weighted by atomic mass is 16.5. The number of anilines is 2. The number of hydrogen-bond acceptors (Lipinski definition) is 7. The van der Waals surface area contributed by atoms with Gasteiger partial charge in [-0.05, 0) is 37.8 Å². The zero-order chi connectivity index (χ0) is 22.0. The van der Waals surface area contributed by atoms with Gasteiger partial charge in [-0.1, -0.05) is 0 Å². The number of nitrogens with one attached hydrogen (secondary N) is 2. The molecule has 1 saturated heterocycles. The fraction of sp³-hybridized carbons (Fsp3) is 0.400. The van der Waals surface area contributed by atoms with Gasteiger partial charge in [0, 0.05) is 67.1 Å². The van der Waals surface area contributed by atoms with E-state index >= 15 is 0 Å². The van der Waals surface area contributed by atoms with Gasteiger partial charge < -0.3 is 24.7 Å². The number of pyridine rings is 1. The lowest BCUT2D eigenvalue weighted by Crippen LogP contribution is -2.36. The normalized spacial score (nSPS) is 21.4. The molecule has 1 aliphatic carbocycles. The Morgan fingerprint density at radius 1 is 1.00 bits per heavy atom. The molecule has 2 aliphatic rings. The minimum absolute atomic E-state index is 0.173. The van der Waals surface area contributed by atoms with E-state index in [-0.39, 0.29) is 6.10 Å². The first-order valence-electron chi connectivity index (χ1n) is 11.8. The number of morpholine rings is 1. The number of rotatable bonds is 5. The summed E-state index contributed by atoms with van der Waals surface area (Å²) < 4.78 is 12.1. The average Bonchev–Trinajstić information content (AvgIpc) is 3.34. The monoisotopic (exact) mass is 444 g/mol. The lowest BCUT2D eigenvalue weighted by molar-refractivity contribution is 0.122. The van der Waals surface area contributed by atoms with Crippen molar-refractivity contribution in [3.8, 4) is 5.75 Å². The summed E-state index contributed by atoms with van der Waals surface area (Å²) in [6.07, 6.45) is 11.6. The largest absolute Gasteiger partial charge is 0.488 e. The summed E-state index contributed by atoms with van der Waals surface area (Å²) >= 11 is 0. The van der Waals surface area contributed by atoms with Crippen LogP contribution in [-0.2, 0) is 4.74 Å². The lowest BCUT2D eigenvalue weighted by Gasteiger charge is -2.31. The second kappa shape index (κ2) is 8.86. The van der Waals surface area contributed by atoms with Crippen molar-refractivity contribution in [3.05, 3.63) is 49.1 Å². The molecule has 8 nitrogen and oxygen atoms in total. The molecule has 1 aromatic carbocycles. The molecule has 33 heavy (non-hydrogen) atoms. The number of ether oxygens (including phenoxy) is 2. The van der Waals surface area contributed by atoms with Crippen LogP contribution in [0.5, 0.6) is 5.75 Å². The molecule has 1 aliphatic heterocycles. The Morgan fingerprint density at radius 2 is 1.85 bits per heavy atom. The van der Waals surface area contributed by atoms with E-state index in [1.807, 2.05) is 18.5 Å². The third kappa shape index (κ3) is 4.30. The van der Waals surface area contributed by atoms with E-state index in [1.54, 1.807) is 12.4 Å². The van der Waals surface area contributed by atoms with Gasteiger partial charge in [-0.3, -0.25) is 4.98 Å². The van der Waals surface area contributed by atoms with E-state index < -0.39 is 0 Å². The van der Waals surface area contributed by atoms with Gasteiger partial charge in [0.25, 0.3) is 0 Å². The van der Waals surface area contributed by atoms with Crippen LogP contribution in [0.4, 0.5) is 11.5 Å². The van der Waals surface area contributed by atoms with E-state index in [0.29, 0.717) is 6.04 Å². The summed E-state index contributed by atoms with van der Waals surface area (Å²) in [6.45, 7) is 3.25. The molecule has 8 heteroatoms. The van der Waals surface area contributed by atoms with Crippen molar-refractivity contribution in [1.29, 1.82) is 0 Å². The van der Waals surface area contributed by atoms with Crippen LogP contribution in [0.2, 0.25) is 0 Å². The summed E-state index contributed by atoms with van der Waals surface area (Å²) in [5.41, 5.74) is 3.94. The molecule has 2 fully saturated rings. The topological polar surface area (TPSA) is 88.2 Å². The van der Waals surface area contributed by atoms with Gasteiger partial charge in [-0.25, -0.2) is 9.97 Å². The van der Waals surface area contributed by atoms with Crippen LogP contribution < -0.4 is 15.0 Å². The standard InChI is InChI=1S/C25H28N6O2/c1-3-20(4-2-18(1)30-24-15-21-17(16-29-24)5-6-26-21)33-23-14-19(31-9-11-32-12-10-31)13-22-25(23)28-8-7-27-22/h5-8,13-16,18,20,26H,1-4,9-12H2,(H,29,30). The highest BCUT2D eigenvalue weighted by Crippen LogP contribution is 2.33. The molecule has 0 radical (unpaired) electrons. The van der Waals surface area contributed by atoms with E-state index in [2.05, 4.69) is 48.4 Å². The molecule has 1 saturated carbocycles. The Bertz CT molecular complexity index is 1240. The summed E-state index contributed by atoms with van der Waals surface area (Å²) in [7, 11) is 0. The van der Waals surface area contributed by atoms with Crippen molar-refractivity contribution in [1.82, 2.24) is 19.9 Å². The zero-order valence-electron chi connectivity index (χ0n) is 18.5. The quantitative estimate of drug-likeness (QED) is 0.478. The van der Waals surface area contributed by atoms with Crippen molar-refractivity contribution < 1.29 is 9.47 Å². The van der Waals surface area contributed by atoms with Crippen LogP contribution in [0.25, 0.3) is 21.9 Å². The van der Waals surface area contributed by atoms with Crippen LogP contribution in [0.1, 0.15) is 25.7 Å². The third-order valence-electron chi connectivity index (χ3n) is 6.66. The minimum atomic E-state index is 0.173. The van der Waals surface area contributed by atoms with Gasteiger partial charge in [0.1, 0.15) is 17.1 Å². The number of aromatic nitrogens is 4. The number of hydrogen-bond donors (Lipinski definition) is 2. The maximum atomic E-state index is 6.54. The Labute approximate surface area is 192 Å². The first-order chi connectivity index (χ1) is 16.3. The molecule has 0 bridgehead atoms. The molecule has 3 aromatic heterocycles.